The van der Waals surface area contributed by atoms with Gasteiger partial charge in [0.15, 0.2) is 0 Å². The molecule has 5 nitrogen and oxygen atoms in total. The van der Waals surface area contributed by atoms with Crippen molar-refractivity contribution in [3.63, 3.8) is 0 Å². The SMILES string of the molecule is O=C(Nc1nnc(-c2cccc(F)c2)o1)C(c1ccccc1)c1ccccc1. The van der Waals surface area contributed by atoms with Gasteiger partial charge < -0.3 is 4.42 Å². The Kier molecular flexibility index (Phi) is 4.93. The fraction of sp³-hybridized carbons (Fsp3) is 0.0455. The molecule has 1 aromatic heterocycles. The molecule has 0 aliphatic carbocycles. The van der Waals surface area contributed by atoms with Crippen molar-refractivity contribution in [3.8, 4) is 11.5 Å². The zero-order valence-corrected chi connectivity index (χ0v) is 14.7. The maximum Gasteiger partial charge on any atom is 0.322 e. The second-order valence-electron chi connectivity index (χ2n) is 6.17. The summed E-state index contributed by atoms with van der Waals surface area (Å²) in [6.45, 7) is 0. The van der Waals surface area contributed by atoms with E-state index >= 15 is 0 Å². The average Bonchev–Trinajstić information content (AvgIpc) is 3.18. The quantitative estimate of drug-likeness (QED) is 0.553. The lowest BCUT2D eigenvalue weighted by molar-refractivity contribution is -0.116. The van der Waals surface area contributed by atoms with Crippen LogP contribution in [0, 0.1) is 5.82 Å². The molecule has 4 aromatic rings. The van der Waals surface area contributed by atoms with E-state index in [-0.39, 0.29) is 17.8 Å². The van der Waals surface area contributed by atoms with Crippen molar-refractivity contribution < 1.29 is 13.6 Å². The maximum atomic E-state index is 13.4. The number of hydrogen-bond acceptors (Lipinski definition) is 4. The molecule has 0 unspecified atom stereocenters. The minimum Gasteiger partial charge on any atom is -0.403 e. The van der Waals surface area contributed by atoms with Crippen LogP contribution < -0.4 is 5.32 Å². The molecule has 0 atom stereocenters. The summed E-state index contributed by atoms with van der Waals surface area (Å²) in [5.41, 5.74) is 2.13. The standard InChI is InChI=1S/C22H16FN3O2/c23-18-13-7-12-17(14-18)21-25-26-22(28-21)24-20(27)19(15-8-3-1-4-9-15)16-10-5-2-6-11-16/h1-14,19H,(H,24,26,27). The van der Waals surface area contributed by atoms with Crippen LogP contribution in [0.25, 0.3) is 11.5 Å². The van der Waals surface area contributed by atoms with E-state index in [2.05, 4.69) is 15.5 Å². The number of benzene rings is 3. The van der Waals surface area contributed by atoms with Gasteiger partial charge in [0.2, 0.25) is 11.8 Å². The molecule has 0 fully saturated rings. The Morgan fingerprint density at radius 2 is 1.50 bits per heavy atom. The lowest BCUT2D eigenvalue weighted by atomic mass is 9.90. The Labute approximate surface area is 160 Å². The van der Waals surface area contributed by atoms with Crippen molar-refractivity contribution in [1.82, 2.24) is 10.2 Å². The van der Waals surface area contributed by atoms with Gasteiger partial charge in [0, 0.05) is 5.56 Å². The smallest absolute Gasteiger partial charge is 0.322 e. The Balaban J connectivity index is 1.60. The highest BCUT2D eigenvalue weighted by atomic mass is 19.1. The highest BCUT2D eigenvalue weighted by molar-refractivity contribution is 5.96. The first-order valence-corrected chi connectivity index (χ1v) is 8.71. The Morgan fingerprint density at radius 1 is 0.857 bits per heavy atom. The number of carbonyl (C=O) groups excluding carboxylic acids is 1. The van der Waals surface area contributed by atoms with Crippen LogP contribution >= 0.6 is 0 Å². The van der Waals surface area contributed by atoms with E-state index in [0.717, 1.165) is 11.1 Å². The summed E-state index contributed by atoms with van der Waals surface area (Å²) in [5, 5.41) is 10.4. The number of aromatic nitrogens is 2. The van der Waals surface area contributed by atoms with Crippen molar-refractivity contribution in [2.45, 2.75) is 5.92 Å². The molecule has 1 heterocycles. The molecule has 0 aliphatic heterocycles. The van der Waals surface area contributed by atoms with Crippen LogP contribution in [0.2, 0.25) is 0 Å². The molecule has 0 radical (unpaired) electrons. The molecule has 0 spiro atoms. The molecule has 3 aromatic carbocycles. The molecule has 28 heavy (non-hydrogen) atoms. The molecule has 4 rings (SSSR count). The average molecular weight is 373 g/mol. The summed E-state index contributed by atoms with van der Waals surface area (Å²) in [7, 11) is 0. The number of anilines is 1. The first-order chi connectivity index (χ1) is 13.7. The summed E-state index contributed by atoms with van der Waals surface area (Å²) in [6, 6.07) is 24.7. The number of carbonyl (C=O) groups is 1. The molecule has 0 bridgehead atoms. The van der Waals surface area contributed by atoms with Crippen LogP contribution in [-0.2, 0) is 4.79 Å². The van der Waals surface area contributed by atoms with Crippen molar-refractivity contribution in [2.75, 3.05) is 5.32 Å². The van der Waals surface area contributed by atoms with Crippen molar-refractivity contribution in [2.24, 2.45) is 0 Å². The van der Waals surface area contributed by atoms with Gasteiger partial charge in [-0.2, -0.15) is 0 Å². The Hall–Kier alpha value is -3.80. The topological polar surface area (TPSA) is 68.0 Å². The zero-order valence-electron chi connectivity index (χ0n) is 14.7. The molecule has 138 valence electrons. The zero-order chi connectivity index (χ0) is 19.3. The van der Waals surface area contributed by atoms with Gasteiger partial charge in [0.1, 0.15) is 5.82 Å². The number of amides is 1. The van der Waals surface area contributed by atoms with Gasteiger partial charge in [0.05, 0.1) is 5.92 Å². The van der Waals surface area contributed by atoms with E-state index in [0.29, 0.717) is 5.56 Å². The monoisotopic (exact) mass is 373 g/mol. The van der Waals surface area contributed by atoms with Gasteiger partial charge in [-0.25, -0.2) is 4.39 Å². The van der Waals surface area contributed by atoms with Crippen molar-refractivity contribution >= 4 is 11.9 Å². The van der Waals surface area contributed by atoms with Gasteiger partial charge in [-0.3, -0.25) is 10.1 Å². The molecule has 0 saturated carbocycles. The number of nitrogens with zero attached hydrogens (tertiary/aromatic N) is 2. The van der Waals surface area contributed by atoms with E-state index in [1.165, 1.54) is 12.1 Å². The molecule has 0 aliphatic rings. The van der Waals surface area contributed by atoms with Crippen LogP contribution in [0.3, 0.4) is 0 Å². The fourth-order valence-electron chi connectivity index (χ4n) is 2.98. The van der Waals surface area contributed by atoms with Gasteiger partial charge in [0.25, 0.3) is 0 Å². The Morgan fingerprint density at radius 3 is 2.11 bits per heavy atom. The molecule has 0 saturated heterocycles. The largest absolute Gasteiger partial charge is 0.403 e. The second-order valence-corrected chi connectivity index (χ2v) is 6.17. The van der Waals surface area contributed by atoms with Crippen molar-refractivity contribution in [1.29, 1.82) is 0 Å². The van der Waals surface area contributed by atoms with Crippen LogP contribution in [0.1, 0.15) is 17.0 Å². The first-order valence-electron chi connectivity index (χ1n) is 8.71. The molecule has 6 heteroatoms. The van der Waals surface area contributed by atoms with Crippen LogP contribution in [-0.4, -0.2) is 16.1 Å². The summed E-state index contributed by atoms with van der Waals surface area (Å²) in [4.78, 5) is 13.0. The van der Waals surface area contributed by atoms with E-state index in [1.54, 1.807) is 12.1 Å². The maximum absolute atomic E-state index is 13.4. The summed E-state index contributed by atoms with van der Waals surface area (Å²) >= 11 is 0. The third-order valence-electron chi connectivity index (χ3n) is 4.25. The Bertz CT molecular complexity index is 1040. The normalized spacial score (nSPS) is 10.8. The first kappa shape index (κ1) is 17.6. The predicted molar refractivity (Wildman–Crippen MR) is 103 cm³/mol. The lowest BCUT2D eigenvalue weighted by Crippen LogP contribution is -2.22. The van der Waals surface area contributed by atoms with E-state index in [4.69, 9.17) is 4.42 Å². The summed E-state index contributed by atoms with van der Waals surface area (Å²) in [6.07, 6.45) is 0. The number of nitrogens with one attached hydrogen (secondary N) is 1. The predicted octanol–water partition coefficient (Wildman–Crippen LogP) is 4.65. The molecular formula is C22H16FN3O2. The van der Waals surface area contributed by atoms with Gasteiger partial charge >= 0.3 is 6.01 Å². The van der Waals surface area contributed by atoms with E-state index in [9.17, 15) is 9.18 Å². The number of hydrogen-bond donors (Lipinski definition) is 1. The second kappa shape index (κ2) is 7.84. The number of rotatable bonds is 5. The minimum absolute atomic E-state index is 0.0406. The highest BCUT2D eigenvalue weighted by Crippen LogP contribution is 2.27. The van der Waals surface area contributed by atoms with Crippen LogP contribution in [0.15, 0.2) is 89.3 Å². The molecular weight excluding hydrogens is 357 g/mol. The van der Waals surface area contributed by atoms with Crippen LogP contribution in [0.4, 0.5) is 10.4 Å². The lowest BCUT2D eigenvalue weighted by Gasteiger charge is -2.16. The molecule has 1 amide bonds. The summed E-state index contributed by atoms with van der Waals surface area (Å²) in [5.74, 6) is -1.11. The third kappa shape index (κ3) is 3.81. The van der Waals surface area contributed by atoms with Gasteiger partial charge in [-0.05, 0) is 29.3 Å². The van der Waals surface area contributed by atoms with Gasteiger partial charge in [-0.1, -0.05) is 71.8 Å². The molecule has 1 N–H and O–H groups in total. The minimum atomic E-state index is -0.535. The third-order valence-corrected chi connectivity index (χ3v) is 4.25. The highest BCUT2D eigenvalue weighted by Gasteiger charge is 2.24. The summed E-state index contributed by atoms with van der Waals surface area (Å²) < 4.78 is 18.9. The number of halogens is 1. The van der Waals surface area contributed by atoms with Crippen molar-refractivity contribution in [3.05, 3.63) is 102 Å². The fourth-order valence-corrected chi connectivity index (χ4v) is 2.98. The van der Waals surface area contributed by atoms with Crippen LogP contribution in [0.5, 0.6) is 0 Å². The van der Waals surface area contributed by atoms with E-state index < -0.39 is 11.7 Å². The van der Waals surface area contributed by atoms with E-state index in [1.807, 2.05) is 60.7 Å². The van der Waals surface area contributed by atoms with Gasteiger partial charge in [-0.15, -0.1) is 5.10 Å².